The van der Waals surface area contributed by atoms with Crippen LogP contribution in [0.15, 0.2) is 4.42 Å². The number of anilines is 1. The van der Waals surface area contributed by atoms with Crippen molar-refractivity contribution in [3.63, 3.8) is 0 Å². The number of fused-ring (bicyclic) bond motifs is 3. The van der Waals surface area contributed by atoms with Crippen LogP contribution in [0, 0.1) is 5.41 Å². The maximum atomic E-state index is 12.0. The molecule has 0 aliphatic heterocycles. The van der Waals surface area contributed by atoms with E-state index in [1.807, 2.05) is 0 Å². The molecule has 0 aromatic carbocycles. The van der Waals surface area contributed by atoms with Gasteiger partial charge in [0.15, 0.2) is 0 Å². The standard InChI is InChI=1S/C17H22N2O4/c1-5-22-16(20)13-12(18)11-10-8-17(2,3)7-6-9(10)14(21-4)19-15(11)23-13/h5-8,18H2,1-4H3. The number of nitrogens with two attached hydrogens (primary N) is 1. The van der Waals surface area contributed by atoms with Gasteiger partial charge in [0.25, 0.3) is 0 Å². The lowest BCUT2D eigenvalue weighted by Crippen LogP contribution is -2.23. The Morgan fingerprint density at radius 1 is 1.39 bits per heavy atom. The van der Waals surface area contributed by atoms with Crippen LogP contribution in [0.5, 0.6) is 5.88 Å². The minimum absolute atomic E-state index is 0.0215. The fourth-order valence-electron chi connectivity index (χ4n) is 3.24. The molecule has 0 saturated heterocycles. The molecular weight excluding hydrogens is 296 g/mol. The van der Waals surface area contributed by atoms with Gasteiger partial charge in [-0.2, -0.15) is 4.98 Å². The van der Waals surface area contributed by atoms with Crippen molar-refractivity contribution < 1.29 is 18.7 Å². The van der Waals surface area contributed by atoms with Crippen LogP contribution >= 0.6 is 0 Å². The molecule has 0 saturated carbocycles. The molecule has 1 aliphatic rings. The number of nitrogen functional groups attached to an aromatic ring is 1. The van der Waals surface area contributed by atoms with Crippen molar-refractivity contribution in [2.24, 2.45) is 5.41 Å². The summed E-state index contributed by atoms with van der Waals surface area (Å²) < 4.78 is 16.0. The van der Waals surface area contributed by atoms with Gasteiger partial charge in [-0.3, -0.25) is 0 Å². The summed E-state index contributed by atoms with van der Waals surface area (Å²) in [6, 6.07) is 0. The lowest BCUT2D eigenvalue weighted by molar-refractivity contribution is 0.0494. The van der Waals surface area contributed by atoms with E-state index in [4.69, 9.17) is 19.6 Å². The highest BCUT2D eigenvalue weighted by molar-refractivity contribution is 6.04. The molecule has 0 spiro atoms. The van der Waals surface area contributed by atoms with E-state index < -0.39 is 5.97 Å². The molecule has 6 nitrogen and oxygen atoms in total. The Hall–Kier alpha value is -2.24. The average Bonchev–Trinajstić information content (AvgIpc) is 2.82. The molecule has 0 bridgehead atoms. The van der Waals surface area contributed by atoms with Gasteiger partial charge in [0.05, 0.1) is 24.8 Å². The Labute approximate surface area is 134 Å². The van der Waals surface area contributed by atoms with Gasteiger partial charge in [-0.1, -0.05) is 13.8 Å². The predicted octanol–water partition coefficient (Wildman–Crippen LogP) is 3.11. The van der Waals surface area contributed by atoms with Crippen LogP contribution in [0.3, 0.4) is 0 Å². The third-order valence-corrected chi connectivity index (χ3v) is 4.42. The summed E-state index contributed by atoms with van der Waals surface area (Å²) in [6.45, 7) is 6.44. The van der Waals surface area contributed by atoms with Gasteiger partial charge in [-0.05, 0) is 37.2 Å². The first-order valence-electron chi connectivity index (χ1n) is 7.82. The third-order valence-electron chi connectivity index (χ3n) is 4.42. The molecule has 3 rings (SSSR count). The number of hydrogen-bond acceptors (Lipinski definition) is 6. The van der Waals surface area contributed by atoms with Crippen molar-refractivity contribution in [3.05, 3.63) is 16.9 Å². The number of carbonyl (C=O) groups is 1. The van der Waals surface area contributed by atoms with E-state index >= 15 is 0 Å². The first kappa shape index (κ1) is 15.6. The lowest BCUT2D eigenvalue weighted by Gasteiger charge is -2.32. The zero-order valence-electron chi connectivity index (χ0n) is 14.0. The van der Waals surface area contributed by atoms with Gasteiger partial charge in [-0.25, -0.2) is 4.79 Å². The molecule has 0 radical (unpaired) electrons. The Balaban J connectivity index is 2.26. The number of carbonyl (C=O) groups excluding carboxylic acids is 1. The Bertz CT molecular complexity index is 777. The van der Waals surface area contributed by atoms with Crippen molar-refractivity contribution >= 4 is 22.8 Å². The van der Waals surface area contributed by atoms with Gasteiger partial charge < -0.3 is 19.6 Å². The summed E-state index contributed by atoms with van der Waals surface area (Å²) in [7, 11) is 1.59. The third kappa shape index (κ3) is 2.52. The first-order chi connectivity index (χ1) is 10.9. The van der Waals surface area contributed by atoms with Crippen molar-refractivity contribution in [1.29, 1.82) is 0 Å². The topological polar surface area (TPSA) is 87.6 Å². The van der Waals surface area contributed by atoms with Crippen LogP contribution < -0.4 is 10.5 Å². The minimum atomic E-state index is -0.564. The summed E-state index contributed by atoms with van der Waals surface area (Å²) in [6.07, 6.45) is 2.75. The van der Waals surface area contributed by atoms with Crippen LogP contribution in [0.2, 0.25) is 0 Å². The summed E-state index contributed by atoms with van der Waals surface area (Å²) in [5, 5.41) is 0.719. The SMILES string of the molecule is CCOC(=O)c1oc2nc(OC)c3c(c2c1N)CC(C)(C)CC3. The zero-order chi connectivity index (χ0) is 16.8. The van der Waals surface area contributed by atoms with Crippen LogP contribution in [0.25, 0.3) is 11.1 Å². The first-order valence-corrected chi connectivity index (χ1v) is 7.82. The largest absolute Gasteiger partial charge is 0.481 e. The molecule has 2 aromatic rings. The molecule has 0 fully saturated rings. The predicted molar refractivity (Wildman–Crippen MR) is 86.7 cm³/mol. The molecule has 0 amide bonds. The number of aromatic nitrogens is 1. The number of furan rings is 1. The van der Waals surface area contributed by atoms with Crippen molar-refractivity contribution in [1.82, 2.24) is 4.98 Å². The van der Waals surface area contributed by atoms with E-state index in [0.717, 1.165) is 35.8 Å². The zero-order valence-corrected chi connectivity index (χ0v) is 14.0. The maximum absolute atomic E-state index is 12.0. The van der Waals surface area contributed by atoms with E-state index in [0.29, 0.717) is 17.3 Å². The minimum Gasteiger partial charge on any atom is -0.481 e. The van der Waals surface area contributed by atoms with Gasteiger partial charge in [0.2, 0.25) is 17.4 Å². The summed E-state index contributed by atoms with van der Waals surface area (Å²) in [5.41, 5.74) is 9.12. The van der Waals surface area contributed by atoms with Crippen molar-refractivity contribution in [3.8, 4) is 5.88 Å². The second kappa shape index (κ2) is 5.44. The number of methoxy groups -OCH3 is 1. The average molecular weight is 318 g/mol. The Kier molecular flexibility index (Phi) is 3.70. The van der Waals surface area contributed by atoms with Gasteiger partial charge >= 0.3 is 5.97 Å². The molecule has 124 valence electrons. The molecular formula is C17H22N2O4. The number of esters is 1. The molecule has 6 heteroatoms. The normalized spacial score (nSPS) is 16.2. The highest BCUT2D eigenvalue weighted by atomic mass is 16.5. The molecule has 2 N–H and O–H groups in total. The van der Waals surface area contributed by atoms with Crippen LogP contribution in [-0.4, -0.2) is 24.7 Å². The summed E-state index contributed by atoms with van der Waals surface area (Å²) in [4.78, 5) is 16.4. The molecule has 1 aliphatic carbocycles. The van der Waals surface area contributed by atoms with Crippen LogP contribution in [-0.2, 0) is 17.6 Å². The lowest BCUT2D eigenvalue weighted by atomic mass is 9.74. The van der Waals surface area contributed by atoms with Gasteiger partial charge in [-0.15, -0.1) is 0 Å². The van der Waals surface area contributed by atoms with Gasteiger partial charge in [0, 0.05) is 5.56 Å². The van der Waals surface area contributed by atoms with Crippen molar-refractivity contribution in [2.45, 2.75) is 40.0 Å². The molecule has 2 heterocycles. The van der Waals surface area contributed by atoms with E-state index in [2.05, 4.69) is 18.8 Å². The monoisotopic (exact) mass is 318 g/mol. The highest BCUT2D eigenvalue weighted by Gasteiger charge is 2.33. The fraction of sp³-hybridized carbons (Fsp3) is 0.529. The summed E-state index contributed by atoms with van der Waals surface area (Å²) in [5.74, 6) is 0.00567. The number of hydrogen-bond donors (Lipinski definition) is 1. The Morgan fingerprint density at radius 3 is 2.78 bits per heavy atom. The molecule has 0 atom stereocenters. The summed E-state index contributed by atoms with van der Waals surface area (Å²) >= 11 is 0. The Morgan fingerprint density at radius 2 is 2.13 bits per heavy atom. The van der Waals surface area contributed by atoms with Gasteiger partial charge in [0.1, 0.15) is 0 Å². The fourth-order valence-corrected chi connectivity index (χ4v) is 3.24. The van der Waals surface area contributed by atoms with E-state index in [-0.39, 0.29) is 17.8 Å². The number of nitrogens with zero attached hydrogens (tertiary/aromatic N) is 1. The number of rotatable bonds is 3. The smallest absolute Gasteiger partial charge is 0.376 e. The maximum Gasteiger partial charge on any atom is 0.376 e. The van der Waals surface area contributed by atoms with E-state index in [9.17, 15) is 4.79 Å². The highest BCUT2D eigenvalue weighted by Crippen LogP contribution is 2.44. The van der Waals surface area contributed by atoms with E-state index in [1.54, 1.807) is 14.0 Å². The van der Waals surface area contributed by atoms with E-state index in [1.165, 1.54) is 0 Å². The molecule has 0 unspecified atom stereocenters. The molecule has 23 heavy (non-hydrogen) atoms. The van der Waals surface area contributed by atoms with Crippen molar-refractivity contribution in [2.75, 3.05) is 19.5 Å². The van der Waals surface area contributed by atoms with Crippen LogP contribution in [0.4, 0.5) is 5.69 Å². The molecule has 2 aromatic heterocycles. The quantitative estimate of drug-likeness (QED) is 0.875. The number of ether oxygens (including phenoxy) is 2. The second-order valence-corrected chi connectivity index (χ2v) is 6.66. The van der Waals surface area contributed by atoms with Crippen LogP contribution in [0.1, 0.15) is 48.9 Å². The second-order valence-electron chi connectivity index (χ2n) is 6.66. The number of pyridine rings is 1.